The molecule has 1 aliphatic rings. The summed E-state index contributed by atoms with van der Waals surface area (Å²) in [5, 5.41) is 19.8. The van der Waals surface area contributed by atoms with Crippen molar-refractivity contribution >= 4 is 0 Å². The number of benzene rings is 1. The van der Waals surface area contributed by atoms with E-state index in [4.69, 9.17) is 0 Å². The number of aromatic hydroxyl groups is 1. The van der Waals surface area contributed by atoms with E-state index in [2.05, 4.69) is 13.8 Å². The van der Waals surface area contributed by atoms with E-state index in [9.17, 15) is 10.2 Å². The van der Waals surface area contributed by atoms with E-state index >= 15 is 0 Å². The zero-order valence-corrected chi connectivity index (χ0v) is 10.2. The molecule has 16 heavy (non-hydrogen) atoms. The number of hydrogen-bond acceptors (Lipinski definition) is 2. The van der Waals surface area contributed by atoms with E-state index in [0.29, 0.717) is 11.7 Å². The Labute approximate surface area is 96.9 Å². The molecule has 2 N–H and O–H groups in total. The third kappa shape index (κ3) is 2.22. The van der Waals surface area contributed by atoms with E-state index < -0.39 is 5.60 Å². The molecule has 2 rings (SSSR count). The van der Waals surface area contributed by atoms with Gasteiger partial charge in [-0.1, -0.05) is 19.9 Å². The van der Waals surface area contributed by atoms with Gasteiger partial charge >= 0.3 is 0 Å². The zero-order chi connectivity index (χ0) is 11.9. The van der Waals surface area contributed by atoms with Crippen molar-refractivity contribution in [2.24, 2.45) is 0 Å². The Morgan fingerprint density at radius 3 is 2.44 bits per heavy atom. The smallest absolute Gasteiger partial charge is 0.119 e. The molecule has 0 spiro atoms. The van der Waals surface area contributed by atoms with E-state index in [-0.39, 0.29) is 0 Å². The van der Waals surface area contributed by atoms with Gasteiger partial charge in [-0.05, 0) is 48.4 Å². The quantitative estimate of drug-likeness (QED) is 0.822. The minimum Gasteiger partial charge on any atom is -0.508 e. The van der Waals surface area contributed by atoms with E-state index in [1.165, 1.54) is 5.56 Å². The van der Waals surface area contributed by atoms with Crippen molar-refractivity contribution in [2.75, 3.05) is 0 Å². The first kappa shape index (κ1) is 11.5. The fourth-order valence-electron chi connectivity index (χ4n) is 2.09. The fourth-order valence-corrected chi connectivity index (χ4v) is 2.09. The Bertz CT molecular complexity index is 403. The van der Waals surface area contributed by atoms with Crippen LogP contribution in [0.1, 0.15) is 49.3 Å². The minimum atomic E-state index is -0.462. The van der Waals surface area contributed by atoms with Gasteiger partial charge in [0.15, 0.2) is 0 Å². The lowest BCUT2D eigenvalue weighted by molar-refractivity contribution is 0.150. The molecule has 88 valence electrons. The third-order valence-electron chi connectivity index (χ3n) is 3.45. The maximum Gasteiger partial charge on any atom is 0.119 e. The van der Waals surface area contributed by atoms with Crippen LogP contribution in [0, 0.1) is 6.92 Å². The van der Waals surface area contributed by atoms with Gasteiger partial charge < -0.3 is 10.2 Å². The van der Waals surface area contributed by atoms with Gasteiger partial charge in [0.05, 0.1) is 5.60 Å². The first-order valence-corrected chi connectivity index (χ1v) is 5.96. The molecule has 0 amide bonds. The van der Waals surface area contributed by atoms with Crippen LogP contribution in [0.5, 0.6) is 5.75 Å². The second-order valence-corrected chi connectivity index (χ2v) is 5.39. The van der Waals surface area contributed by atoms with Crippen LogP contribution < -0.4 is 0 Å². The summed E-state index contributed by atoms with van der Waals surface area (Å²) in [6, 6.07) is 3.86. The number of rotatable bonds is 3. The van der Waals surface area contributed by atoms with Crippen LogP contribution in [-0.2, 0) is 6.42 Å². The molecule has 2 heteroatoms. The van der Waals surface area contributed by atoms with Crippen LogP contribution in [0.25, 0.3) is 0 Å². The molecular formula is C14H20O2. The van der Waals surface area contributed by atoms with Crippen molar-refractivity contribution in [3.05, 3.63) is 28.8 Å². The second kappa shape index (κ2) is 3.77. The summed E-state index contributed by atoms with van der Waals surface area (Å²) in [6.45, 7) is 6.13. The largest absolute Gasteiger partial charge is 0.508 e. The molecular weight excluding hydrogens is 200 g/mol. The predicted molar refractivity (Wildman–Crippen MR) is 64.8 cm³/mol. The van der Waals surface area contributed by atoms with Gasteiger partial charge in [0.2, 0.25) is 0 Å². The zero-order valence-electron chi connectivity index (χ0n) is 10.2. The molecule has 0 unspecified atom stereocenters. The summed E-state index contributed by atoms with van der Waals surface area (Å²) in [4.78, 5) is 0. The number of phenolic OH excluding ortho intramolecular Hbond substituents is 1. The highest BCUT2D eigenvalue weighted by molar-refractivity contribution is 5.43. The molecule has 0 heterocycles. The SMILES string of the molecule is Cc1cc(O)c(C(C)C)cc1CC1(O)CC1. The van der Waals surface area contributed by atoms with E-state index in [1.54, 1.807) is 0 Å². The summed E-state index contributed by atoms with van der Waals surface area (Å²) in [5.74, 6) is 0.687. The highest BCUT2D eigenvalue weighted by Crippen LogP contribution is 2.40. The van der Waals surface area contributed by atoms with Crippen molar-refractivity contribution in [3.8, 4) is 5.75 Å². The van der Waals surface area contributed by atoms with Gasteiger partial charge in [0.1, 0.15) is 5.75 Å². The van der Waals surface area contributed by atoms with Crippen molar-refractivity contribution in [1.82, 2.24) is 0 Å². The topological polar surface area (TPSA) is 40.5 Å². The van der Waals surface area contributed by atoms with Gasteiger partial charge in [-0.25, -0.2) is 0 Å². The number of hydrogen-bond donors (Lipinski definition) is 2. The van der Waals surface area contributed by atoms with Crippen molar-refractivity contribution in [1.29, 1.82) is 0 Å². The Morgan fingerprint density at radius 2 is 1.94 bits per heavy atom. The standard InChI is InChI=1S/C14H20O2/c1-9(2)12-7-11(8-14(16)4-5-14)10(3)6-13(12)15/h6-7,9,15-16H,4-5,8H2,1-3H3. The summed E-state index contributed by atoms with van der Waals surface area (Å²) < 4.78 is 0. The Hall–Kier alpha value is -1.02. The van der Waals surface area contributed by atoms with E-state index in [1.807, 2.05) is 19.1 Å². The molecule has 1 fully saturated rings. The summed E-state index contributed by atoms with van der Waals surface area (Å²) in [7, 11) is 0. The molecule has 0 atom stereocenters. The molecule has 0 aromatic heterocycles. The molecule has 1 aliphatic carbocycles. The number of aliphatic hydroxyl groups is 1. The molecule has 0 saturated heterocycles. The molecule has 1 aromatic carbocycles. The number of phenols is 1. The van der Waals surface area contributed by atoms with Crippen molar-refractivity contribution in [2.45, 2.75) is 51.6 Å². The molecule has 1 aromatic rings. The summed E-state index contributed by atoms with van der Waals surface area (Å²) in [5.41, 5.74) is 2.75. The Balaban J connectivity index is 2.33. The molecule has 0 radical (unpaired) electrons. The van der Waals surface area contributed by atoms with Gasteiger partial charge in [-0.3, -0.25) is 0 Å². The maximum absolute atomic E-state index is 9.94. The summed E-state index contributed by atoms with van der Waals surface area (Å²) in [6.07, 6.45) is 2.54. The van der Waals surface area contributed by atoms with Gasteiger partial charge in [0.25, 0.3) is 0 Å². The average molecular weight is 220 g/mol. The molecule has 1 saturated carbocycles. The fraction of sp³-hybridized carbons (Fsp3) is 0.571. The Morgan fingerprint density at radius 1 is 1.31 bits per heavy atom. The predicted octanol–water partition coefficient (Wildman–Crippen LogP) is 2.89. The van der Waals surface area contributed by atoms with Crippen LogP contribution in [0.2, 0.25) is 0 Å². The first-order valence-electron chi connectivity index (χ1n) is 5.96. The van der Waals surface area contributed by atoms with Crippen molar-refractivity contribution < 1.29 is 10.2 Å². The summed E-state index contributed by atoms with van der Waals surface area (Å²) >= 11 is 0. The van der Waals surface area contributed by atoms with Crippen molar-refractivity contribution in [3.63, 3.8) is 0 Å². The number of aryl methyl sites for hydroxylation is 1. The van der Waals surface area contributed by atoms with Crippen LogP contribution in [0.15, 0.2) is 12.1 Å². The second-order valence-electron chi connectivity index (χ2n) is 5.39. The lowest BCUT2D eigenvalue weighted by atomic mass is 9.93. The monoisotopic (exact) mass is 220 g/mol. The van der Waals surface area contributed by atoms with Crippen LogP contribution in [-0.4, -0.2) is 15.8 Å². The van der Waals surface area contributed by atoms with E-state index in [0.717, 1.165) is 30.4 Å². The van der Waals surface area contributed by atoms with Gasteiger partial charge in [0, 0.05) is 6.42 Å². The normalized spacial score (nSPS) is 17.8. The average Bonchev–Trinajstić information content (AvgIpc) is 2.88. The Kier molecular flexibility index (Phi) is 2.70. The lowest BCUT2D eigenvalue weighted by Crippen LogP contribution is -2.12. The van der Waals surface area contributed by atoms with Crippen LogP contribution in [0.4, 0.5) is 0 Å². The van der Waals surface area contributed by atoms with Crippen LogP contribution >= 0.6 is 0 Å². The highest BCUT2D eigenvalue weighted by atomic mass is 16.3. The van der Waals surface area contributed by atoms with Gasteiger partial charge in [-0.15, -0.1) is 0 Å². The molecule has 2 nitrogen and oxygen atoms in total. The molecule has 0 bridgehead atoms. The minimum absolute atomic E-state index is 0.313. The third-order valence-corrected chi connectivity index (χ3v) is 3.45. The van der Waals surface area contributed by atoms with Gasteiger partial charge in [-0.2, -0.15) is 0 Å². The first-order chi connectivity index (χ1) is 7.41. The van der Waals surface area contributed by atoms with Crippen LogP contribution in [0.3, 0.4) is 0 Å². The maximum atomic E-state index is 9.94. The highest BCUT2D eigenvalue weighted by Gasteiger charge is 2.40. The molecule has 0 aliphatic heterocycles. The lowest BCUT2D eigenvalue weighted by Gasteiger charge is -2.15.